The zero-order valence-electron chi connectivity index (χ0n) is 40.6. The molecule has 3 rings (SSSR count). The molecule has 366 valence electrons. The highest BCUT2D eigenvalue weighted by Crippen LogP contribution is 2.40. The van der Waals surface area contributed by atoms with Gasteiger partial charge in [-0.1, -0.05) is 33.6 Å². The average Bonchev–Trinajstić information content (AvgIpc) is 3.20. The molecule has 62 heavy (non-hydrogen) atoms. The first-order valence-electron chi connectivity index (χ1n) is 23.6. The van der Waals surface area contributed by atoms with Crippen LogP contribution < -0.4 is 11.1 Å². The molecule has 0 spiro atoms. The summed E-state index contributed by atoms with van der Waals surface area (Å²) in [5.74, 6) is -2.64. The Balaban J connectivity index is 2.10. The van der Waals surface area contributed by atoms with E-state index in [0.717, 1.165) is 45.2 Å². The maximum atomic E-state index is 14.5. The highest BCUT2D eigenvalue weighted by Gasteiger charge is 2.53. The number of methoxy groups -OCH3 is 1. The number of hydrogen-bond donors (Lipinski definition) is 7. The van der Waals surface area contributed by atoms with E-state index in [9.17, 15) is 30.3 Å². The second kappa shape index (κ2) is 24.6. The van der Waals surface area contributed by atoms with Gasteiger partial charge in [0, 0.05) is 38.1 Å². The lowest BCUT2D eigenvalue weighted by Crippen LogP contribution is -2.60. The lowest BCUT2D eigenvalue weighted by atomic mass is 9.77. The highest BCUT2D eigenvalue weighted by molar-refractivity contribution is 5.73. The summed E-state index contributed by atoms with van der Waals surface area (Å²) in [4.78, 5) is 18.6. The summed E-state index contributed by atoms with van der Waals surface area (Å²) in [5.41, 5.74) is 1.19. The molecule has 0 aromatic heterocycles. The summed E-state index contributed by atoms with van der Waals surface area (Å²) in [5, 5.41) is 63.2. The van der Waals surface area contributed by atoms with Crippen molar-refractivity contribution in [2.24, 2.45) is 23.5 Å². The molecule has 0 bridgehead atoms. The van der Waals surface area contributed by atoms with Gasteiger partial charge in [-0.25, -0.2) is 0 Å². The van der Waals surface area contributed by atoms with Gasteiger partial charge in [0.05, 0.1) is 41.5 Å². The van der Waals surface area contributed by atoms with Crippen molar-refractivity contribution in [2.45, 2.75) is 217 Å². The summed E-state index contributed by atoms with van der Waals surface area (Å²) in [6, 6.07) is -0.843. The first kappa shape index (κ1) is 55.2. The van der Waals surface area contributed by atoms with Gasteiger partial charge in [-0.15, -0.1) is 0 Å². The van der Waals surface area contributed by atoms with Gasteiger partial charge in [0.1, 0.15) is 30.0 Å². The number of ether oxygens (including phenoxy) is 6. The molecule has 16 heteroatoms. The van der Waals surface area contributed by atoms with E-state index < -0.39 is 96.0 Å². The highest BCUT2D eigenvalue weighted by atomic mass is 16.7. The molecule has 3 heterocycles. The van der Waals surface area contributed by atoms with Crippen molar-refractivity contribution in [3.05, 3.63) is 0 Å². The maximum absolute atomic E-state index is 14.5. The van der Waals surface area contributed by atoms with Crippen LogP contribution >= 0.6 is 0 Å². The third kappa shape index (κ3) is 14.5. The lowest BCUT2D eigenvalue weighted by molar-refractivity contribution is -0.318. The van der Waals surface area contributed by atoms with Crippen molar-refractivity contribution in [1.29, 1.82) is 0 Å². The Hall–Kier alpha value is -1.09. The number of rotatable bonds is 17. The van der Waals surface area contributed by atoms with Crippen molar-refractivity contribution in [3.63, 3.8) is 0 Å². The number of aliphatic hydroxyl groups excluding tert-OH is 3. The van der Waals surface area contributed by atoms with Crippen molar-refractivity contribution < 1.29 is 58.7 Å². The van der Waals surface area contributed by atoms with Crippen LogP contribution in [0.2, 0.25) is 0 Å². The third-order valence-electron chi connectivity index (χ3n) is 14.1. The van der Waals surface area contributed by atoms with Crippen molar-refractivity contribution in [2.75, 3.05) is 53.9 Å². The van der Waals surface area contributed by atoms with E-state index in [4.69, 9.17) is 34.2 Å². The number of aliphatic hydroxyl groups is 5. The predicted molar refractivity (Wildman–Crippen MR) is 238 cm³/mol. The first-order chi connectivity index (χ1) is 28.9. The van der Waals surface area contributed by atoms with Crippen LogP contribution in [-0.2, 0) is 33.2 Å². The fraction of sp³-hybridized carbons (Fsp3) is 0.978. The minimum atomic E-state index is -1.83. The molecule has 18 atom stereocenters. The molecule has 0 amide bonds. The first-order valence-corrected chi connectivity index (χ1v) is 23.6. The lowest BCUT2D eigenvalue weighted by Gasteiger charge is -2.48. The number of nitrogens with one attached hydrogen (secondary N) is 1. The zero-order valence-corrected chi connectivity index (χ0v) is 40.6. The van der Waals surface area contributed by atoms with Crippen LogP contribution in [-0.4, -0.2) is 186 Å². The number of nitrogens with two attached hydrogens (primary N) is 1. The number of likely N-dealkylation sites (N-methyl/N-ethyl adjacent to an activating group) is 1. The van der Waals surface area contributed by atoms with E-state index in [1.54, 1.807) is 34.6 Å². The molecule has 16 nitrogen and oxygen atoms in total. The van der Waals surface area contributed by atoms with Gasteiger partial charge in [-0.2, -0.15) is 0 Å². The largest absolute Gasteiger partial charge is 0.459 e. The van der Waals surface area contributed by atoms with E-state index in [1.807, 2.05) is 46.7 Å². The zero-order chi connectivity index (χ0) is 46.7. The van der Waals surface area contributed by atoms with Gasteiger partial charge in [0.25, 0.3) is 0 Å². The molecule has 0 aromatic carbocycles. The Morgan fingerprint density at radius 1 is 0.903 bits per heavy atom. The monoisotopic (exact) mass is 891 g/mol. The number of carbonyl (C=O) groups is 1. The van der Waals surface area contributed by atoms with Crippen molar-refractivity contribution in [1.82, 2.24) is 15.1 Å². The second-order valence-corrected chi connectivity index (χ2v) is 20.0. The van der Waals surface area contributed by atoms with Gasteiger partial charge in [0.15, 0.2) is 12.6 Å². The predicted octanol–water partition coefficient (Wildman–Crippen LogP) is 2.77. The number of carbonyl (C=O) groups excluding carboxylic acids is 1. The van der Waals surface area contributed by atoms with Crippen molar-refractivity contribution in [3.8, 4) is 0 Å². The Morgan fingerprint density at radius 3 is 2.16 bits per heavy atom. The van der Waals surface area contributed by atoms with Crippen LogP contribution in [0.25, 0.3) is 0 Å². The van der Waals surface area contributed by atoms with E-state index in [2.05, 4.69) is 10.2 Å². The molecule has 0 saturated carbocycles. The van der Waals surface area contributed by atoms with Gasteiger partial charge in [-0.05, 0) is 133 Å². The number of esters is 1. The molecule has 0 aliphatic carbocycles. The van der Waals surface area contributed by atoms with Gasteiger partial charge in [0.2, 0.25) is 0 Å². The summed E-state index contributed by atoms with van der Waals surface area (Å²) in [6.07, 6.45) is -3.27. The molecular formula is C46H90N4O12. The molecule has 0 aromatic rings. The average molecular weight is 891 g/mol. The van der Waals surface area contributed by atoms with Gasteiger partial charge in [-0.3, -0.25) is 9.69 Å². The van der Waals surface area contributed by atoms with E-state index >= 15 is 0 Å². The molecule has 3 fully saturated rings. The van der Waals surface area contributed by atoms with Gasteiger partial charge < -0.3 is 69.9 Å². The van der Waals surface area contributed by atoms with E-state index in [0.29, 0.717) is 26.1 Å². The van der Waals surface area contributed by atoms with Crippen LogP contribution in [0.4, 0.5) is 0 Å². The van der Waals surface area contributed by atoms with E-state index in [1.165, 1.54) is 14.0 Å². The van der Waals surface area contributed by atoms with Crippen LogP contribution in [0.15, 0.2) is 0 Å². The summed E-state index contributed by atoms with van der Waals surface area (Å²) in [6.45, 7) is 21.3. The third-order valence-corrected chi connectivity index (χ3v) is 14.1. The van der Waals surface area contributed by atoms with Crippen LogP contribution in [0.1, 0.15) is 127 Å². The number of hydrogen-bond acceptors (Lipinski definition) is 16. The fourth-order valence-electron chi connectivity index (χ4n) is 10.2. The van der Waals surface area contributed by atoms with Crippen LogP contribution in [0, 0.1) is 17.8 Å². The molecule has 3 aliphatic rings. The Kier molecular flexibility index (Phi) is 21.9. The molecule has 8 N–H and O–H groups in total. The minimum absolute atomic E-state index is 0.127. The van der Waals surface area contributed by atoms with E-state index in [-0.39, 0.29) is 37.3 Å². The summed E-state index contributed by atoms with van der Waals surface area (Å²) >= 11 is 0. The number of nitrogens with zero attached hydrogens (tertiary/aromatic N) is 2. The summed E-state index contributed by atoms with van der Waals surface area (Å²) in [7, 11) is 5.31. The topological polar surface area (TPSA) is 218 Å². The smallest absolute Gasteiger partial charge is 0.311 e. The fourth-order valence-corrected chi connectivity index (χ4v) is 10.2. The SMILES string of the molecule is CC[C@H]1OC(=O)[C@H](C)[C@@H](OC2C[C@@](C)(OC)[C@@H](O)[C@H](C)O2)[C@H](C)[C@H](O[C@@H]2O[C@H](C)C[C@H](N(C)C)C2O)C(C)(O)C[C@@H](C)CN(CCCNCCCCCCN)[C@H](C)[C@H](O)[C@]1(C)O. The normalized spacial score (nSPS) is 43.5. The molecule has 3 aliphatic heterocycles. The Bertz CT molecular complexity index is 1310. The molecule has 0 radical (unpaired) electrons. The summed E-state index contributed by atoms with van der Waals surface area (Å²) < 4.78 is 38.1. The quantitative estimate of drug-likeness (QED) is 0.0826. The number of unbranched alkanes of at least 4 members (excludes halogenated alkanes) is 3. The van der Waals surface area contributed by atoms with Crippen LogP contribution in [0.3, 0.4) is 0 Å². The second-order valence-electron chi connectivity index (χ2n) is 20.0. The molecular weight excluding hydrogens is 801 g/mol. The molecule has 3 saturated heterocycles. The Labute approximate surface area is 373 Å². The minimum Gasteiger partial charge on any atom is -0.459 e. The van der Waals surface area contributed by atoms with Gasteiger partial charge >= 0.3 is 5.97 Å². The van der Waals surface area contributed by atoms with Crippen molar-refractivity contribution >= 4 is 5.97 Å². The number of cyclic esters (lactones) is 1. The van der Waals surface area contributed by atoms with Crippen LogP contribution in [0.5, 0.6) is 0 Å². The standard InChI is InChI=1S/C46H90N4O12/c1-14-35-46(10,56)39(52)32(6)50(23-19-22-48-21-18-16-15-17-20-47)27-28(2)25-44(8,55)41(62-43-37(51)34(49(11)12)24-29(3)58-43)30(4)38(31(5)42(54)60-35)61-36-26-45(9,57-13)40(53)33(7)59-36/h28-41,43,48,51-53,55-56H,14-27,47H2,1-13H3/t28-,29-,30+,31-,32-,33+,34+,35-,36?,37?,38+,39+,40+,41+,43+,44?,45-,46-/m1/s1. The Morgan fingerprint density at radius 2 is 1.55 bits per heavy atom. The maximum Gasteiger partial charge on any atom is 0.311 e. The molecule has 3 unspecified atom stereocenters.